The first kappa shape index (κ1) is 11.0. The van der Waals surface area contributed by atoms with Gasteiger partial charge in [-0.05, 0) is 40.0 Å². The molecule has 0 radical (unpaired) electrons. The number of benzene rings is 1. The summed E-state index contributed by atoms with van der Waals surface area (Å²) in [4.78, 5) is 10.5. The van der Waals surface area contributed by atoms with E-state index in [1.54, 1.807) is 12.1 Å². The fourth-order valence-electron chi connectivity index (χ4n) is 1.02. The second-order valence-corrected chi connectivity index (χ2v) is 3.79. The maximum absolute atomic E-state index is 10.5. The van der Waals surface area contributed by atoms with E-state index < -0.39 is 12.0 Å². The standard InChI is InChI=1S/C9H10BrNO3/c10-6-3-5(1-2-8(6)12)4-7(11)9(13)14/h1-3,7,12H,4,11H2,(H,13,14)/t7-/m0/s1/i1+1,2+1,3+1,5+1,6+1,8+1. The molecule has 14 heavy (non-hydrogen) atoms. The molecule has 0 bridgehead atoms. The minimum atomic E-state index is -1.03. The molecule has 0 spiro atoms. The Morgan fingerprint density at radius 1 is 1.57 bits per heavy atom. The van der Waals surface area contributed by atoms with Crippen molar-refractivity contribution in [1.82, 2.24) is 0 Å². The predicted octanol–water partition coefficient (Wildman–Crippen LogP) is 1.11. The highest BCUT2D eigenvalue weighted by atomic mass is 79.9. The molecule has 0 amide bonds. The zero-order valence-electron chi connectivity index (χ0n) is 7.27. The van der Waals surface area contributed by atoms with Gasteiger partial charge in [-0.1, -0.05) is 6.07 Å². The summed E-state index contributed by atoms with van der Waals surface area (Å²) in [6, 6.07) is 3.88. The van der Waals surface area contributed by atoms with Crippen molar-refractivity contribution < 1.29 is 15.0 Å². The highest BCUT2D eigenvalue weighted by molar-refractivity contribution is 9.10. The first-order valence-electron chi connectivity index (χ1n) is 3.96. The van der Waals surface area contributed by atoms with Gasteiger partial charge in [-0.15, -0.1) is 0 Å². The summed E-state index contributed by atoms with van der Waals surface area (Å²) in [7, 11) is 0. The molecule has 0 heterocycles. The van der Waals surface area contributed by atoms with Crippen LogP contribution in [0.15, 0.2) is 22.7 Å². The Balaban J connectivity index is 2.78. The Labute approximate surface area is 89.5 Å². The predicted molar refractivity (Wildman–Crippen MR) is 55.1 cm³/mol. The maximum atomic E-state index is 10.5. The number of hydrogen-bond donors (Lipinski definition) is 3. The van der Waals surface area contributed by atoms with Gasteiger partial charge in [0.05, 0.1) is 4.47 Å². The van der Waals surface area contributed by atoms with Crippen LogP contribution in [-0.4, -0.2) is 22.2 Å². The van der Waals surface area contributed by atoms with E-state index in [9.17, 15) is 9.90 Å². The number of halogens is 1. The largest absolute Gasteiger partial charge is 0.507 e. The topological polar surface area (TPSA) is 83.5 Å². The van der Waals surface area contributed by atoms with Crippen molar-refractivity contribution in [2.45, 2.75) is 12.5 Å². The van der Waals surface area contributed by atoms with Crippen molar-refractivity contribution in [2.24, 2.45) is 5.73 Å². The molecule has 0 saturated carbocycles. The summed E-state index contributed by atoms with van der Waals surface area (Å²) in [6.07, 6.45) is 0.244. The molecule has 1 aromatic rings. The summed E-state index contributed by atoms with van der Waals surface area (Å²) < 4.78 is 0.535. The van der Waals surface area contributed by atoms with Gasteiger partial charge in [0.25, 0.3) is 0 Å². The van der Waals surface area contributed by atoms with E-state index in [0.29, 0.717) is 4.47 Å². The van der Waals surface area contributed by atoms with Gasteiger partial charge < -0.3 is 15.9 Å². The summed E-state index contributed by atoms with van der Waals surface area (Å²) in [5, 5.41) is 17.8. The molecular weight excluding hydrogens is 256 g/mol. The fourth-order valence-corrected chi connectivity index (χ4v) is 1.44. The van der Waals surface area contributed by atoms with E-state index >= 15 is 0 Å². The third-order valence-corrected chi connectivity index (χ3v) is 2.42. The molecule has 0 saturated heterocycles. The molecule has 5 heteroatoms. The van der Waals surface area contributed by atoms with Crippen LogP contribution >= 0.6 is 15.9 Å². The lowest BCUT2D eigenvalue weighted by Crippen LogP contribution is -2.32. The van der Waals surface area contributed by atoms with Crippen molar-refractivity contribution in [3.05, 3.63) is 28.2 Å². The second-order valence-electron chi connectivity index (χ2n) is 2.93. The first-order chi connectivity index (χ1) is 6.50. The lowest BCUT2D eigenvalue weighted by atomic mass is 10.3. The molecule has 0 fully saturated rings. The second kappa shape index (κ2) is 4.43. The molecule has 0 aliphatic rings. The molecule has 0 aliphatic heterocycles. The smallest absolute Gasteiger partial charge is 0.320 e. The number of hydrogen-bond acceptors (Lipinski definition) is 3. The van der Waals surface area contributed by atoms with Crippen molar-refractivity contribution in [3.8, 4) is 5.75 Å². The number of phenolic OH excluding ortho intramolecular Hbond substituents is 1. The van der Waals surface area contributed by atoms with Crippen LogP contribution in [0, 0.1) is 0 Å². The summed E-state index contributed by atoms with van der Waals surface area (Å²) >= 11 is 3.13. The number of carboxylic acids is 1. The fraction of sp³-hybridized carbons (Fsp3) is 0.222. The van der Waals surface area contributed by atoms with Gasteiger partial charge in [0, 0.05) is 0 Å². The van der Waals surface area contributed by atoms with Crippen LogP contribution in [0.4, 0.5) is 0 Å². The van der Waals surface area contributed by atoms with Gasteiger partial charge in [0.15, 0.2) is 0 Å². The molecule has 4 N–H and O–H groups in total. The van der Waals surface area contributed by atoms with Crippen molar-refractivity contribution in [3.63, 3.8) is 0 Å². The SMILES string of the molecule is N[C@@H](C[13c]1[13cH][13cH][13c](O)[13c](Br)[13cH]1)C(=O)O. The number of carbonyl (C=O) groups is 1. The molecule has 1 atom stereocenters. The Morgan fingerprint density at radius 2 is 2.21 bits per heavy atom. The van der Waals surface area contributed by atoms with Gasteiger partial charge >= 0.3 is 5.97 Å². The van der Waals surface area contributed by atoms with E-state index in [1.165, 1.54) is 6.07 Å². The monoisotopic (exact) mass is 265 g/mol. The maximum Gasteiger partial charge on any atom is 0.320 e. The Kier molecular flexibility index (Phi) is 3.49. The minimum absolute atomic E-state index is 0.123. The van der Waals surface area contributed by atoms with Crippen LogP contribution < -0.4 is 5.73 Å². The molecule has 0 aromatic heterocycles. The van der Waals surface area contributed by atoms with E-state index in [4.69, 9.17) is 10.8 Å². The summed E-state index contributed by atoms with van der Waals surface area (Å²) in [5.74, 6) is -0.910. The Bertz CT molecular complexity index is 354. The lowest BCUT2D eigenvalue weighted by molar-refractivity contribution is -0.138. The average molecular weight is 266 g/mol. The summed E-state index contributed by atoms with van der Waals surface area (Å²) in [6.45, 7) is 0. The molecule has 1 rings (SSSR count). The van der Waals surface area contributed by atoms with E-state index in [-0.39, 0.29) is 12.2 Å². The number of phenols is 1. The molecule has 4 nitrogen and oxygen atoms in total. The number of rotatable bonds is 3. The zero-order chi connectivity index (χ0) is 10.7. The quantitative estimate of drug-likeness (QED) is 0.765. The van der Waals surface area contributed by atoms with E-state index in [0.717, 1.165) is 5.56 Å². The third-order valence-electron chi connectivity index (χ3n) is 1.78. The van der Waals surface area contributed by atoms with Crippen molar-refractivity contribution in [2.75, 3.05) is 0 Å². The van der Waals surface area contributed by atoms with Crippen LogP contribution in [0.1, 0.15) is 5.56 Å². The van der Waals surface area contributed by atoms with Crippen molar-refractivity contribution >= 4 is 21.9 Å². The van der Waals surface area contributed by atoms with Crippen molar-refractivity contribution in [1.29, 1.82) is 0 Å². The summed E-state index contributed by atoms with van der Waals surface area (Å²) in [5.41, 5.74) is 6.13. The number of carboxylic acid groups (broad SMARTS) is 1. The van der Waals surface area contributed by atoms with Crippen LogP contribution in [0.5, 0.6) is 5.75 Å². The van der Waals surface area contributed by atoms with Crippen LogP contribution in [-0.2, 0) is 11.2 Å². The molecule has 0 aliphatic carbocycles. The normalized spacial score (nSPS) is 12.4. The zero-order valence-corrected chi connectivity index (χ0v) is 8.86. The highest BCUT2D eigenvalue weighted by Crippen LogP contribution is 2.24. The third kappa shape index (κ3) is 2.71. The number of aromatic hydroxyl groups is 1. The first-order valence-corrected chi connectivity index (χ1v) is 4.76. The van der Waals surface area contributed by atoms with Gasteiger partial charge in [0.2, 0.25) is 0 Å². The molecule has 0 unspecified atom stereocenters. The number of nitrogens with two attached hydrogens (primary N) is 1. The van der Waals surface area contributed by atoms with Crippen LogP contribution in [0.2, 0.25) is 0 Å². The highest BCUT2D eigenvalue weighted by Gasteiger charge is 2.12. The van der Waals surface area contributed by atoms with Gasteiger partial charge in [-0.3, -0.25) is 4.79 Å². The Morgan fingerprint density at radius 3 is 2.71 bits per heavy atom. The van der Waals surface area contributed by atoms with Gasteiger partial charge in [-0.2, -0.15) is 0 Å². The average Bonchev–Trinajstić information content (AvgIpc) is 2.11. The number of aliphatic carboxylic acids is 1. The molecule has 1 aromatic carbocycles. The lowest BCUT2D eigenvalue weighted by Gasteiger charge is -2.07. The molecular formula is C9H10BrNO3. The van der Waals surface area contributed by atoms with E-state index in [1.807, 2.05) is 0 Å². The van der Waals surface area contributed by atoms with Crippen LogP contribution in [0.25, 0.3) is 0 Å². The Hall–Kier alpha value is -1.07. The minimum Gasteiger partial charge on any atom is -0.507 e. The van der Waals surface area contributed by atoms with Crippen LogP contribution in [0.3, 0.4) is 0 Å². The van der Waals surface area contributed by atoms with Gasteiger partial charge in [-0.25, -0.2) is 0 Å². The van der Waals surface area contributed by atoms with Gasteiger partial charge in [0.1, 0.15) is 11.8 Å². The van der Waals surface area contributed by atoms with E-state index in [2.05, 4.69) is 15.9 Å². The molecule has 76 valence electrons.